The fraction of sp³-hybridized carbons (Fsp3) is 0.706. The van der Waals surface area contributed by atoms with Gasteiger partial charge in [0.2, 0.25) is 0 Å². The lowest BCUT2D eigenvalue weighted by atomic mass is 10.0. The van der Waals surface area contributed by atoms with E-state index in [0.717, 1.165) is 0 Å². The highest BCUT2D eigenvalue weighted by molar-refractivity contribution is 5.70. The Labute approximate surface area is 118 Å². The average Bonchev–Trinajstić information content (AvgIpc) is 2.43. The van der Waals surface area contributed by atoms with Gasteiger partial charge < -0.3 is 4.74 Å². The van der Waals surface area contributed by atoms with Crippen LogP contribution in [0.25, 0.3) is 0 Å². The summed E-state index contributed by atoms with van der Waals surface area (Å²) < 4.78 is 4.61. The quantitative estimate of drug-likeness (QED) is 0.292. The SMILES string of the molecule is CCCCCC(=CC=CCC(=O)OC)CCCCC. The molecule has 0 amide bonds. The molecule has 0 rings (SSSR count). The zero-order valence-electron chi connectivity index (χ0n) is 12.9. The van der Waals surface area contributed by atoms with Gasteiger partial charge in [0, 0.05) is 0 Å². The van der Waals surface area contributed by atoms with Crippen molar-refractivity contribution in [2.45, 2.75) is 71.6 Å². The third kappa shape index (κ3) is 11.8. The molecule has 0 aromatic rings. The highest BCUT2D eigenvalue weighted by Gasteiger charge is 1.98. The summed E-state index contributed by atoms with van der Waals surface area (Å²) in [4.78, 5) is 11.0. The molecule has 0 fully saturated rings. The molecule has 0 atom stereocenters. The molecule has 0 heterocycles. The van der Waals surface area contributed by atoms with Crippen molar-refractivity contribution in [1.82, 2.24) is 0 Å². The number of hydrogen-bond donors (Lipinski definition) is 0. The van der Waals surface area contributed by atoms with Gasteiger partial charge in [-0.25, -0.2) is 0 Å². The number of rotatable bonds is 11. The largest absolute Gasteiger partial charge is 0.469 e. The lowest BCUT2D eigenvalue weighted by Crippen LogP contribution is -1.96. The van der Waals surface area contributed by atoms with Crippen molar-refractivity contribution in [2.75, 3.05) is 7.11 Å². The Morgan fingerprint density at radius 1 is 1.00 bits per heavy atom. The molecule has 2 nitrogen and oxygen atoms in total. The maximum atomic E-state index is 11.0. The second-order valence-corrected chi connectivity index (χ2v) is 4.95. The summed E-state index contributed by atoms with van der Waals surface area (Å²) in [6, 6.07) is 0. The van der Waals surface area contributed by atoms with Gasteiger partial charge in [0.25, 0.3) is 0 Å². The van der Waals surface area contributed by atoms with E-state index in [4.69, 9.17) is 0 Å². The van der Waals surface area contributed by atoms with Crippen molar-refractivity contribution in [3.63, 3.8) is 0 Å². The Hall–Kier alpha value is -1.05. The molecular weight excluding hydrogens is 236 g/mol. The lowest BCUT2D eigenvalue weighted by molar-refractivity contribution is -0.139. The monoisotopic (exact) mass is 266 g/mol. The molecule has 0 N–H and O–H groups in total. The summed E-state index contributed by atoms with van der Waals surface area (Å²) in [5.41, 5.74) is 1.52. The normalized spacial score (nSPS) is 10.7. The van der Waals surface area contributed by atoms with Gasteiger partial charge in [-0.15, -0.1) is 0 Å². The third-order valence-corrected chi connectivity index (χ3v) is 3.18. The van der Waals surface area contributed by atoms with Crippen LogP contribution in [-0.2, 0) is 9.53 Å². The first-order valence-corrected chi connectivity index (χ1v) is 7.65. The first-order chi connectivity index (χ1) is 9.24. The topological polar surface area (TPSA) is 26.3 Å². The molecule has 0 unspecified atom stereocenters. The van der Waals surface area contributed by atoms with Crippen LogP contribution in [0, 0.1) is 0 Å². The van der Waals surface area contributed by atoms with Gasteiger partial charge in [-0.1, -0.05) is 63.3 Å². The van der Waals surface area contributed by atoms with Crippen LogP contribution < -0.4 is 0 Å². The van der Waals surface area contributed by atoms with Gasteiger partial charge >= 0.3 is 5.97 Å². The Balaban J connectivity index is 4.15. The van der Waals surface area contributed by atoms with Gasteiger partial charge in [-0.3, -0.25) is 4.79 Å². The Morgan fingerprint density at radius 3 is 2.05 bits per heavy atom. The molecule has 0 saturated heterocycles. The predicted octanol–water partition coefficient (Wildman–Crippen LogP) is 5.19. The number of allylic oxidation sites excluding steroid dienone is 3. The molecule has 0 radical (unpaired) electrons. The third-order valence-electron chi connectivity index (χ3n) is 3.18. The summed E-state index contributed by atoms with van der Waals surface area (Å²) in [5, 5.41) is 0. The first-order valence-electron chi connectivity index (χ1n) is 7.65. The van der Waals surface area contributed by atoms with Crippen LogP contribution in [0.4, 0.5) is 0 Å². The summed E-state index contributed by atoms with van der Waals surface area (Å²) in [6.07, 6.45) is 16.5. The number of hydrogen-bond acceptors (Lipinski definition) is 2. The van der Waals surface area contributed by atoms with Crippen molar-refractivity contribution in [3.05, 3.63) is 23.8 Å². The molecule has 0 aromatic heterocycles. The van der Waals surface area contributed by atoms with Crippen molar-refractivity contribution >= 4 is 5.97 Å². The van der Waals surface area contributed by atoms with Gasteiger partial charge in [0.05, 0.1) is 13.5 Å². The zero-order chi connectivity index (χ0) is 14.3. The molecule has 0 bridgehead atoms. The lowest BCUT2D eigenvalue weighted by Gasteiger charge is -2.06. The molecule has 0 saturated carbocycles. The zero-order valence-corrected chi connectivity index (χ0v) is 12.9. The van der Waals surface area contributed by atoms with E-state index in [0.29, 0.717) is 6.42 Å². The predicted molar refractivity (Wildman–Crippen MR) is 82.1 cm³/mol. The van der Waals surface area contributed by atoms with E-state index in [-0.39, 0.29) is 5.97 Å². The van der Waals surface area contributed by atoms with Crippen LogP contribution in [-0.4, -0.2) is 13.1 Å². The smallest absolute Gasteiger partial charge is 0.309 e. The Kier molecular flexibility index (Phi) is 12.6. The van der Waals surface area contributed by atoms with Crippen LogP contribution in [0.15, 0.2) is 23.8 Å². The van der Waals surface area contributed by atoms with Gasteiger partial charge in [-0.05, 0) is 25.7 Å². The Bertz CT molecular complexity index is 265. The van der Waals surface area contributed by atoms with Gasteiger partial charge in [-0.2, -0.15) is 0 Å². The van der Waals surface area contributed by atoms with Crippen molar-refractivity contribution < 1.29 is 9.53 Å². The number of carbonyl (C=O) groups excluding carboxylic acids is 1. The molecule has 0 aliphatic carbocycles. The standard InChI is InChI=1S/C17H30O2/c1-4-6-8-12-16(13-9-7-5-2)14-10-11-15-17(18)19-3/h10-11,14H,4-9,12-13,15H2,1-3H3. The minimum Gasteiger partial charge on any atom is -0.469 e. The van der Waals surface area contributed by atoms with E-state index >= 15 is 0 Å². The maximum Gasteiger partial charge on any atom is 0.309 e. The van der Waals surface area contributed by atoms with Gasteiger partial charge in [0.15, 0.2) is 0 Å². The number of ether oxygens (including phenoxy) is 1. The van der Waals surface area contributed by atoms with Crippen LogP contribution in [0.5, 0.6) is 0 Å². The molecule has 19 heavy (non-hydrogen) atoms. The first kappa shape index (κ1) is 17.9. The van der Waals surface area contributed by atoms with Crippen LogP contribution in [0.3, 0.4) is 0 Å². The summed E-state index contributed by atoms with van der Waals surface area (Å²) >= 11 is 0. The fourth-order valence-corrected chi connectivity index (χ4v) is 1.95. The second kappa shape index (κ2) is 13.4. The summed E-state index contributed by atoms with van der Waals surface area (Å²) in [5.74, 6) is -0.178. The van der Waals surface area contributed by atoms with Crippen LogP contribution in [0.2, 0.25) is 0 Å². The highest BCUT2D eigenvalue weighted by atomic mass is 16.5. The summed E-state index contributed by atoms with van der Waals surface area (Å²) in [7, 11) is 1.42. The van der Waals surface area contributed by atoms with Crippen LogP contribution in [0.1, 0.15) is 71.6 Å². The fourth-order valence-electron chi connectivity index (χ4n) is 1.95. The van der Waals surface area contributed by atoms with E-state index in [9.17, 15) is 4.79 Å². The van der Waals surface area contributed by atoms with E-state index in [1.165, 1.54) is 64.0 Å². The second-order valence-electron chi connectivity index (χ2n) is 4.95. The molecule has 0 aromatic carbocycles. The number of esters is 1. The Morgan fingerprint density at radius 2 is 1.58 bits per heavy atom. The molecule has 0 aliphatic rings. The number of unbranched alkanes of at least 4 members (excludes halogenated alkanes) is 4. The minimum absolute atomic E-state index is 0.178. The molecule has 0 aliphatic heterocycles. The molecule has 2 heteroatoms. The highest BCUT2D eigenvalue weighted by Crippen LogP contribution is 2.16. The maximum absolute atomic E-state index is 11.0. The molecule has 110 valence electrons. The van der Waals surface area contributed by atoms with Gasteiger partial charge in [0.1, 0.15) is 0 Å². The van der Waals surface area contributed by atoms with Crippen molar-refractivity contribution in [3.8, 4) is 0 Å². The van der Waals surface area contributed by atoms with E-state index in [2.05, 4.69) is 24.7 Å². The number of methoxy groups -OCH3 is 1. The van der Waals surface area contributed by atoms with Crippen LogP contribution >= 0.6 is 0 Å². The van der Waals surface area contributed by atoms with E-state index in [1.54, 1.807) is 0 Å². The van der Waals surface area contributed by atoms with E-state index < -0.39 is 0 Å². The molecule has 0 spiro atoms. The minimum atomic E-state index is -0.178. The summed E-state index contributed by atoms with van der Waals surface area (Å²) in [6.45, 7) is 4.47. The average molecular weight is 266 g/mol. The molecular formula is C17H30O2. The van der Waals surface area contributed by atoms with E-state index in [1.807, 2.05) is 12.2 Å². The van der Waals surface area contributed by atoms with Crippen molar-refractivity contribution in [2.24, 2.45) is 0 Å². The number of carbonyl (C=O) groups is 1. The van der Waals surface area contributed by atoms with Crippen molar-refractivity contribution in [1.29, 1.82) is 0 Å².